The van der Waals surface area contributed by atoms with Gasteiger partial charge in [0.2, 0.25) is 0 Å². The number of aliphatic carboxylic acids is 1. The normalized spacial score (nSPS) is 12.1. The van der Waals surface area contributed by atoms with Gasteiger partial charge in [0.25, 0.3) is 0 Å². The van der Waals surface area contributed by atoms with Crippen LogP contribution in [-0.4, -0.2) is 11.1 Å². The average molecular weight is 283 g/mol. The third kappa shape index (κ3) is 4.43. The molecule has 0 heterocycles. The number of nitrogens with one attached hydrogen (secondary N) is 1. The fraction of sp³-hybridized carbons (Fsp3) is 0.278. The molecule has 1 atom stereocenters. The number of hydrogen-bond donors (Lipinski definition) is 2. The molecule has 0 aliphatic carbocycles. The number of hydrogen-bond acceptors (Lipinski definition) is 2. The van der Waals surface area contributed by atoms with Crippen LogP contribution < -0.4 is 5.32 Å². The maximum absolute atomic E-state index is 10.9. The van der Waals surface area contributed by atoms with Crippen LogP contribution >= 0.6 is 0 Å². The first-order valence-electron chi connectivity index (χ1n) is 7.14. The molecule has 2 N–H and O–H groups in total. The molecule has 110 valence electrons. The van der Waals surface area contributed by atoms with E-state index in [0.29, 0.717) is 0 Å². The quantitative estimate of drug-likeness (QED) is 0.853. The Morgan fingerprint density at radius 2 is 1.76 bits per heavy atom. The van der Waals surface area contributed by atoms with Gasteiger partial charge < -0.3 is 10.4 Å². The van der Waals surface area contributed by atoms with Gasteiger partial charge in [-0.05, 0) is 30.5 Å². The summed E-state index contributed by atoms with van der Waals surface area (Å²) in [7, 11) is 0. The Morgan fingerprint density at radius 3 is 2.38 bits per heavy atom. The molecule has 2 aromatic carbocycles. The molecule has 0 amide bonds. The van der Waals surface area contributed by atoms with Crippen LogP contribution in [0.2, 0.25) is 0 Å². The smallest absolute Gasteiger partial charge is 0.310 e. The van der Waals surface area contributed by atoms with Crippen LogP contribution in [-0.2, 0) is 17.9 Å². The SMILES string of the molecule is Cc1cccc(CNCc2ccc(C(C)C(=O)O)cc2)c1. The molecule has 2 aromatic rings. The molecular formula is C18H21NO2. The molecule has 0 bridgehead atoms. The molecule has 0 fully saturated rings. The Labute approximate surface area is 125 Å². The minimum atomic E-state index is -0.791. The van der Waals surface area contributed by atoms with Gasteiger partial charge in [0.15, 0.2) is 0 Å². The topological polar surface area (TPSA) is 49.3 Å². The van der Waals surface area contributed by atoms with Crippen molar-refractivity contribution >= 4 is 5.97 Å². The summed E-state index contributed by atoms with van der Waals surface area (Å²) in [6, 6.07) is 16.2. The van der Waals surface area contributed by atoms with E-state index in [0.717, 1.165) is 24.2 Å². The minimum absolute atomic E-state index is 0.459. The zero-order valence-corrected chi connectivity index (χ0v) is 12.5. The zero-order valence-electron chi connectivity index (χ0n) is 12.5. The first kappa shape index (κ1) is 15.3. The summed E-state index contributed by atoms with van der Waals surface area (Å²) >= 11 is 0. The van der Waals surface area contributed by atoms with Crippen molar-refractivity contribution in [1.82, 2.24) is 5.32 Å². The van der Waals surface area contributed by atoms with Crippen molar-refractivity contribution in [2.75, 3.05) is 0 Å². The Kier molecular flexibility index (Phi) is 5.12. The minimum Gasteiger partial charge on any atom is -0.481 e. The van der Waals surface area contributed by atoms with Crippen molar-refractivity contribution in [2.45, 2.75) is 32.9 Å². The van der Waals surface area contributed by atoms with Crippen molar-refractivity contribution in [3.05, 3.63) is 70.8 Å². The van der Waals surface area contributed by atoms with E-state index in [1.807, 2.05) is 24.3 Å². The van der Waals surface area contributed by atoms with E-state index in [-0.39, 0.29) is 0 Å². The lowest BCUT2D eigenvalue weighted by Gasteiger charge is -2.09. The lowest BCUT2D eigenvalue weighted by Crippen LogP contribution is -2.13. The maximum atomic E-state index is 10.9. The molecule has 1 unspecified atom stereocenters. The molecule has 0 aliphatic rings. The van der Waals surface area contributed by atoms with E-state index in [4.69, 9.17) is 5.11 Å². The second-order valence-corrected chi connectivity index (χ2v) is 5.39. The van der Waals surface area contributed by atoms with Crippen molar-refractivity contribution in [3.8, 4) is 0 Å². The third-order valence-corrected chi connectivity index (χ3v) is 3.59. The molecule has 0 aliphatic heterocycles. The second kappa shape index (κ2) is 7.04. The summed E-state index contributed by atoms with van der Waals surface area (Å²) in [4.78, 5) is 10.9. The molecule has 0 saturated carbocycles. The van der Waals surface area contributed by atoms with Crippen molar-refractivity contribution in [2.24, 2.45) is 0 Å². The molecule has 3 nitrogen and oxygen atoms in total. The fourth-order valence-corrected chi connectivity index (χ4v) is 2.24. The van der Waals surface area contributed by atoms with E-state index in [1.54, 1.807) is 6.92 Å². The summed E-state index contributed by atoms with van der Waals surface area (Å²) in [6.07, 6.45) is 0. The van der Waals surface area contributed by atoms with Gasteiger partial charge in [0.1, 0.15) is 0 Å². The van der Waals surface area contributed by atoms with Gasteiger partial charge in [-0.25, -0.2) is 0 Å². The lowest BCUT2D eigenvalue weighted by molar-refractivity contribution is -0.138. The van der Waals surface area contributed by atoms with Gasteiger partial charge in [0, 0.05) is 13.1 Å². The van der Waals surface area contributed by atoms with Crippen LogP contribution in [0.5, 0.6) is 0 Å². The molecule has 0 saturated heterocycles. The Bertz CT molecular complexity index is 605. The number of aryl methyl sites for hydroxylation is 1. The highest BCUT2D eigenvalue weighted by molar-refractivity contribution is 5.75. The number of rotatable bonds is 6. The van der Waals surface area contributed by atoms with Gasteiger partial charge in [-0.15, -0.1) is 0 Å². The molecule has 0 radical (unpaired) electrons. The van der Waals surface area contributed by atoms with Crippen LogP contribution in [0.4, 0.5) is 0 Å². The third-order valence-electron chi connectivity index (χ3n) is 3.59. The van der Waals surface area contributed by atoms with Crippen LogP contribution in [0.25, 0.3) is 0 Å². The maximum Gasteiger partial charge on any atom is 0.310 e. The molecule has 3 heteroatoms. The Balaban J connectivity index is 1.88. The first-order valence-corrected chi connectivity index (χ1v) is 7.14. The van der Waals surface area contributed by atoms with Crippen molar-refractivity contribution in [1.29, 1.82) is 0 Å². The highest BCUT2D eigenvalue weighted by Gasteiger charge is 2.12. The summed E-state index contributed by atoms with van der Waals surface area (Å²) in [6.45, 7) is 5.39. The van der Waals surface area contributed by atoms with E-state index in [9.17, 15) is 4.79 Å². The van der Waals surface area contributed by atoms with Crippen LogP contribution in [0.3, 0.4) is 0 Å². The monoisotopic (exact) mass is 283 g/mol. The number of carboxylic acids is 1. The van der Waals surface area contributed by atoms with Gasteiger partial charge in [0.05, 0.1) is 5.92 Å². The van der Waals surface area contributed by atoms with Crippen LogP contribution in [0.15, 0.2) is 48.5 Å². The van der Waals surface area contributed by atoms with E-state index in [1.165, 1.54) is 11.1 Å². The second-order valence-electron chi connectivity index (χ2n) is 5.39. The molecule has 0 aromatic heterocycles. The highest BCUT2D eigenvalue weighted by atomic mass is 16.4. The van der Waals surface area contributed by atoms with Crippen molar-refractivity contribution in [3.63, 3.8) is 0 Å². The standard InChI is InChI=1S/C18H21NO2/c1-13-4-3-5-16(10-13)12-19-11-15-6-8-17(9-7-15)14(2)18(20)21/h3-10,14,19H,11-12H2,1-2H3,(H,20,21). The summed E-state index contributed by atoms with van der Waals surface area (Å²) in [5.74, 6) is -1.25. The lowest BCUT2D eigenvalue weighted by atomic mass is 10.00. The predicted octanol–water partition coefficient (Wildman–Crippen LogP) is 3.47. The Hall–Kier alpha value is -2.13. The number of carbonyl (C=O) groups is 1. The molecule has 2 rings (SSSR count). The summed E-state index contributed by atoms with van der Waals surface area (Å²) in [5.41, 5.74) is 4.53. The molecule has 0 spiro atoms. The van der Waals surface area contributed by atoms with E-state index >= 15 is 0 Å². The van der Waals surface area contributed by atoms with Crippen LogP contribution in [0, 0.1) is 6.92 Å². The first-order chi connectivity index (χ1) is 10.1. The van der Waals surface area contributed by atoms with Crippen LogP contribution in [0.1, 0.15) is 35.1 Å². The zero-order chi connectivity index (χ0) is 15.2. The average Bonchev–Trinajstić information content (AvgIpc) is 2.47. The van der Waals surface area contributed by atoms with Crippen molar-refractivity contribution < 1.29 is 9.90 Å². The van der Waals surface area contributed by atoms with Gasteiger partial charge in [-0.1, -0.05) is 54.1 Å². The predicted molar refractivity (Wildman–Crippen MR) is 84.2 cm³/mol. The summed E-state index contributed by atoms with van der Waals surface area (Å²) < 4.78 is 0. The number of benzene rings is 2. The van der Waals surface area contributed by atoms with Gasteiger partial charge in [-0.3, -0.25) is 4.79 Å². The highest BCUT2D eigenvalue weighted by Crippen LogP contribution is 2.16. The molecule has 21 heavy (non-hydrogen) atoms. The fourth-order valence-electron chi connectivity index (χ4n) is 2.24. The largest absolute Gasteiger partial charge is 0.481 e. The summed E-state index contributed by atoms with van der Waals surface area (Å²) in [5, 5.41) is 12.4. The van der Waals surface area contributed by atoms with E-state index < -0.39 is 11.9 Å². The van der Waals surface area contributed by atoms with E-state index in [2.05, 4.69) is 36.5 Å². The molecular weight excluding hydrogens is 262 g/mol. The van der Waals surface area contributed by atoms with Gasteiger partial charge in [-0.2, -0.15) is 0 Å². The Morgan fingerprint density at radius 1 is 1.10 bits per heavy atom. The van der Waals surface area contributed by atoms with Gasteiger partial charge >= 0.3 is 5.97 Å². The number of carboxylic acid groups (broad SMARTS) is 1.